The van der Waals surface area contributed by atoms with Crippen molar-refractivity contribution in [3.05, 3.63) is 11.6 Å². The number of carbonyl (C=O) groups is 1. The molecule has 0 spiro atoms. The third kappa shape index (κ3) is 3.38. The first-order valence-corrected chi connectivity index (χ1v) is 14.8. The van der Waals surface area contributed by atoms with Crippen molar-refractivity contribution >= 4 is 17.6 Å². The van der Waals surface area contributed by atoms with Crippen LogP contribution >= 0.6 is 0 Å². The van der Waals surface area contributed by atoms with E-state index in [2.05, 4.69) is 65.1 Å². The van der Waals surface area contributed by atoms with E-state index in [1.54, 1.807) is 0 Å². The van der Waals surface area contributed by atoms with Gasteiger partial charge >= 0.3 is 5.97 Å². The molecule has 0 radical (unpaired) electrons. The van der Waals surface area contributed by atoms with Crippen LogP contribution in [0.15, 0.2) is 16.8 Å². The van der Waals surface area contributed by atoms with Gasteiger partial charge in [-0.05, 0) is 104 Å². The maximum Gasteiger partial charge on any atom is 0.310 e. The molecule has 5 aliphatic carbocycles. The number of carboxylic acids is 1. The Hall–Kier alpha value is -1.85. The fraction of sp³-hybridized carbons (Fsp3) is 0.839. The van der Waals surface area contributed by atoms with E-state index in [1.807, 2.05) is 0 Å². The zero-order valence-corrected chi connectivity index (χ0v) is 24.2. The van der Waals surface area contributed by atoms with Gasteiger partial charge < -0.3 is 10.8 Å². The molecule has 5 aliphatic rings. The molecule has 0 amide bonds. The minimum Gasteiger partial charge on any atom is -0.481 e. The second-order valence-corrected chi connectivity index (χ2v) is 14.9. The molecule has 0 aromatic rings. The number of nitrogens with zero attached hydrogens (tertiary/aromatic N) is 1. The van der Waals surface area contributed by atoms with Crippen LogP contribution in [0.25, 0.3) is 0 Å². The maximum absolute atomic E-state index is 12.9. The molecule has 0 bridgehead atoms. The van der Waals surface area contributed by atoms with Crippen LogP contribution in [0.5, 0.6) is 0 Å². The first kappa shape index (κ1) is 26.7. The fourth-order valence-corrected chi connectivity index (χ4v) is 11.0. The van der Waals surface area contributed by atoms with Crippen molar-refractivity contribution in [1.29, 1.82) is 5.41 Å². The number of hydrogen-bond donors (Lipinski definition) is 4. The van der Waals surface area contributed by atoms with Crippen molar-refractivity contribution in [2.45, 2.75) is 106 Å². The van der Waals surface area contributed by atoms with Gasteiger partial charge in [0.25, 0.3) is 0 Å². The number of fused-ring (bicyclic) bond motifs is 7. The van der Waals surface area contributed by atoms with Gasteiger partial charge in [-0.3, -0.25) is 10.2 Å². The Labute approximate surface area is 223 Å². The molecule has 9 atom stereocenters. The highest BCUT2D eigenvalue weighted by atomic mass is 16.4. The lowest BCUT2D eigenvalue weighted by atomic mass is 9.33. The Morgan fingerprint density at radius 2 is 1.76 bits per heavy atom. The molecule has 0 unspecified atom stereocenters. The van der Waals surface area contributed by atoms with E-state index in [4.69, 9.17) is 11.1 Å². The van der Waals surface area contributed by atoms with Crippen LogP contribution in [-0.2, 0) is 4.79 Å². The number of nitrogens with two attached hydrogens (primary N) is 1. The number of aliphatic carboxylic acids is 1. The molecule has 6 heteroatoms. The molecule has 0 heterocycles. The predicted octanol–water partition coefficient (Wildman–Crippen LogP) is 6.57. The first-order valence-electron chi connectivity index (χ1n) is 14.8. The van der Waals surface area contributed by atoms with Crippen molar-refractivity contribution < 1.29 is 9.90 Å². The molecule has 37 heavy (non-hydrogen) atoms. The van der Waals surface area contributed by atoms with E-state index < -0.39 is 11.4 Å². The number of hydrazone groups is 1. The van der Waals surface area contributed by atoms with Crippen LogP contribution in [0.4, 0.5) is 0 Å². The first-order chi connectivity index (χ1) is 17.1. The predicted molar refractivity (Wildman–Crippen MR) is 149 cm³/mol. The van der Waals surface area contributed by atoms with E-state index in [-0.39, 0.29) is 33.5 Å². The lowest BCUT2D eigenvalue weighted by molar-refractivity contribution is -0.180. The minimum atomic E-state index is -0.580. The molecule has 6 nitrogen and oxygen atoms in total. The van der Waals surface area contributed by atoms with Gasteiger partial charge in [0.1, 0.15) is 0 Å². The van der Waals surface area contributed by atoms with Crippen molar-refractivity contribution in [3.8, 4) is 0 Å². The summed E-state index contributed by atoms with van der Waals surface area (Å²) in [4.78, 5) is 12.9. The average Bonchev–Trinajstić information content (AvgIpc) is 2.80. The van der Waals surface area contributed by atoms with Crippen molar-refractivity contribution in [1.82, 2.24) is 5.43 Å². The SMILES string of the molecule is C[C@H]1[C@H](C)CC[C@]2(C(=O)O)CC[C@]3(C)C(=CC[C@@H]4[C@@]5(C)CC/C(=N\NC(=N)N)C(C)(C)[C@@H]5CC[C@]43C)[C@H]12. The zero-order chi connectivity index (χ0) is 27.2. The van der Waals surface area contributed by atoms with Crippen LogP contribution in [0, 0.1) is 62.1 Å². The largest absolute Gasteiger partial charge is 0.481 e. The average molecular weight is 511 g/mol. The fourth-order valence-electron chi connectivity index (χ4n) is 11.0. The summed E-state index contributed by atoms with van der Waals surface area (Å²) in [5.74, 6) is 1.57. The van der Waals surface area contributed by atoms with Gasteiger partial charge in [0.2, 0.25) is 5.96 Å². The highest BCUT2D eigenvalue weighted by molar-refractivity contribution is 5.92. The van der Waals surface area contributed by atoms with Crippen molar-refractivity contribution in [2.75, 3.05) is 0 Å². The number of carboxylic acid groups (broad SMARTS) is 1. The number of rotatable bonds is 2. The Bertz CT molecular complexity index is 1060. The van der Waals surface area contributed by atoms with E-state index in [0.29, 0.717) is 23.7 Å². The molecule has 4 fully saturated rings. The normalized spacial score (nSPS) is 49.5. The Morgan fingerprint density at radius 1 is 1.05 bits per heavy atom. The van der Waals surface area contributed by atoms with Crippen LogP contribution in [-0.4, -0.2) is 22.7 Å². The van der Waals surface area contributed by atoms with Crippen molar-refractivity contribution in [2.24, 2.45) is 67.5 Å². The second kappa shape index (κ2) is 8.32. The molecule has 5 rings (SSSR count). The molecule has 0 aliphatic heterocycles. The summed E-state index contributed by atoms with van der Waals surface area (Å²) in [5, 5.41) is 22.7. The lowest BCUT2D eigenvalue weighted by Gasteiger charge is -2.71. The number of nitrogens with one attached hydrogen (secondary N) is 2. The summed E-state index contributed by atoms with van der Waals surface area (Å²) >= 11 is 0. The van der Waals surface area contributed by atoms with Crippen LogP contribution < -0.4 is 11.2 Å². The number of hydrogen-bond acceptors (Lipinski definition) is 3. The van der Waals surface area contributed by atoms with E-state index in [1.165, 1.54) is 18.4 Å². The van der Waals surface area contributed by atoms with Gasteiger partial charge in [0.05, 0.1) is 5.41 Å². The van der Waals surface area contributed by atoms with Crippen LogP contribution in [0.1, 0.15) is 106 Å². The molecular formula is C31H50N4O2. The summed E-state index contributed by atoms with van der Waals surface area (Å²) in [5.41, 5.74) is 10.7. The smallest absolute Gasteiger partial charge is 0.310 e. The van der Waals surface area contributed by atoms with Gasteiger partial charge in [0, 0.05) is 11.1 Å². The van der Waals surface area contributed by atoms with E-state index in [0.717, 1.165) is 50.7 Å². The second-order valence-electron chi connectivity index (χ2n) is 14.9. The minimum absolute atomic E-state index is 0.0491. The summed E-state index contributed by atoms with van der Waals surface area (Å²) in [7, 11) is 0. The topological polar surface area (TPSA) is 112 Å². The molecule has 0 saturated heterocycles. The van der Waals surface area contributed by atoms with Gasteiger partial charge in [-0.25, -0.2) is 5.43 Å². The number of guanidine groups is 1. The third-order valence-electron chi connectivity index (χ3n) is 13.5. The van der Waals surface area contributed by atoms with E-state index in [9.17, 15) is 9.90 Å². The summed E-state index contributed by atoms with van der Waals surface area (Å²) in [6.07, 6.45) is 11.7. The quantitative estimate of drug-likeness (QED) is 0.146. The van der Waals surface area contributed by atoms with Crippen LogP contribution in [0.3, 0.4) is 0 Å². The molecule has 0 aromatic carbocycles. The van der Waals surface area contributed by atoms with Gasteiger partial charge in [-0.1, -0.05) is 60.1 Å². The molecule has 5 N–H and O–H groups in total. The van der Waals surface area contributed by atoms with Crippen LogP contribution in [0.2, 0.25) is 0 Å². The molecular weight excluding hydrogens is 460 g/mol. The molecule has 4 saturated carbocycles. The Morgan fingerprint density at radius 3 is 2.41 bits per heavy atom. The number of allylic oxidation sites excluding steroid dienone is 2. The summed E-state index contributed by atoms with van der Waals surface area (Å²) in [6, 6.07) is 0. The van der Waals surface area contributed by atoms with E-state index >= 15 is 0 Å². The molecule has 206 valence electrons. The maximum atomic E-state index is 12.9. The summed E-state index contributed by atoms with van der Waals surface area (Å²) in [6.45, 7) is 17.0. The lowest BCUT2D eigenvalue weighted by Crippen LogP contribution is -2.65. The standard InChI is InChI=1S/C31H50N4O2/c1-18-10-15-31(25(36)37)17-16-29(6)20(24(31)19(18)2)8-9-22-28(5)13-12-23(34-35-26(32)33)27(3,4)21(28)11-14-30(22,29)7/h8,18-19,21-22,24H,9-17H2,1-7H3,(H,36,37)(H4,32,33,35)/b34-23+/t18-,19+,21+,22-,24+,28+,29-,30-,31+/m1/s1. The highest BCUT2D eigenvalue weighted by Crippen LogP contribution is 2.75. The Balaban J connectivity index is 1.56. The van der Waals surface area contributed by atoms with Gasteiger partial charge in [-0.15, -0.1) is 0 Å². The third-order valence-corrected chi connectivity index (χ3v) is 13.5. The summed E-state index contributed by atoms with van der Waals surface area (Å²) < 4.78 is 0. The zero-order valence-electron chi connectivity index (χ0n) is 24.2. The Kier molecular flexibility index (Phi) is 6.02. The highest BCUT2D eigenvalue weighted by Gasteiger charge is 2.69. The molecule has 0 aromatic heterocycles. The monoisotopic (exact) mass is 510 g/mol. The van der Waals surface area contributed by atoms with Crippen molar-refractivity contribution in [3.63, 3.8) is 0 Å². The van der Waals surface area contributed by atoms with Gasteiger partial charge in [0.15, 0.2) is 0 Å². The van der Waals surface area contributed by atoms with Gasteiger partial charge in [-0.2, -0.15) is 5.10 Å².